The van der Waals surface area contributed by atoms with Gasteiger partial charge in [0.2, 0.25) is 0 Å². The molecule has 0 aliphatic carbocycles. The summed E-state index contributed by atoms with van der Waals surface area (Å²) in [5.41, 5.74) is 13.7. The van der Waals surface area contributed by atoms with Crippen molar-refractivity contribution in [2.45, 2.75) is 6.42 Å². The Morgan fingerprint density at radius 1 is 1.28 bits per heavy atom. The van der Waals surface area contributed by atoms with E-state index in [1.165, 1.54) is 0 Å². The molecule has 0 radical (unpaired) electrons. The lowest BCUT2D eigenvalue weighted by molar-refractivity contribution is 0.0957. The fraction of sp³-hybridized carbons (Fsp3) is 0.231. The number of hydrogen-bond acceptors (Lipinski definition) is 4. The van der Waals surface area contributed by atoms with Crippen molar-refractivity contribution < 1.29 is 4.79 Å². The van der Waals surface area contributed by atoms with Crippen LogP contribution in [0.4, 0.5) is 11.4 Å². The van der Waals surface area contributed by atoms with Crippen LogP contribution < -0.4 is 16.8 Å². The number of anilines is 2. The molecule has 94 valence electrons. The van der Waals surface area contributed by atoms with Gasteiger partial charge >= 0.3 is 0 Å². The summed E-state index contributed by atoms with van der Waals surface area (Å²) in [6, 6.07) is 4.83. The van der Waals surface area contributed by atoms with Gasteiger partial charge in [0.25, 0.3) is 5.91 Å². The van der Waals surface area contributed by atoms with Gasteiger partial charge in [-0.25, -0.2) is 0 Å². The summed E-state index contributed by atoms with van der Waals surface area (Å²) in [5, 5.41) is 2.81. The van der Waals surface area contributed by atoms with Crippen LogP contribution in [0.5, 0.6) is 0 Å². The highest BCUT2D eigenvalue weighted by Crippen LogP contribution is 2.13. The van der Waals surface area contributed by atoms with Crippen LogP contribution in [-0.4, -0.2) is 25.2 Å². The predicted molar refractivity (Wildman–Crippen MR) is 73.7 cm³/mol. The van der Waals surface area contributed by atoms with Gasteiger partial charge in [-0.1, -0.05) is 6.08 Å². The summed E-state index contributed by atoms with van der Waals surface area (Å²) in [4.78, 5) is 16.1. The molecule has 0 aromatic heterocycles. The average Bonchev–Trinajstić information content (AvgIpc) is 2.36. The minimum Gasteiger partial charge on any atom is -0.399 e. The van der Waals surface area contributed by atoms with E-state index in [1.807, 2.05) is 0 Å². The van der Waals surface area contributed by atoms with E-state index in [-0.39, 0.29) is 5.91 Å². The summed E-state index contributed by atoms with van der Waals surface area (Å²) in [7, 11) is 0. The van der Waals surface area contributed by atoms with Crippen molar-refractivity contribution in [3.8, 4) is 0 Å². The van der Waals surface area contributed by atoms with E-state index >= 15 is 0 Å². The average molecular weight is 244 g/mol. The summed E-state index contributed by atoms with van der Waals surface area (Å²) in [5.74, 6) is -0.186. The number of nitrogens with two attached hydrogens (primary N) is 2. The monoisotopic (exact) mass is 244 g/mol. The molecule has 5 nitrogen and oxygen atoms in total. The van der Waals surface area contributed by atoms with Crippen molar-refractivity contribution in [1.82, 2.24) is 5.32 Å². The van der Waals surface area contributed by atoms with Gasteiger partial charge < -0.3 is 16.8 Å². The highest BCUT2D eigenvalue weighted by Gasteiger charge is 2.07. The number of aliphatic imine (C=N–C) groups is 1. The number of nitrogen functional groups attached to an aromatic ring is 2. The molecule has 0 atom stereocenters. The number of amides is 1. The molecule has 1 aromatic carbocycles. The van der Waals surface area contributed by atoms with Crippen molar-refractivity contribution in [3.63, 3.8) is 0 Å². The molecule has 1 aliphatic heterocycles. The number of carbonyl (C=O) groups excluding carboxylic acids is 1. The van der Waals surface area contributed by atoms with Gasteiger partial charge in [-0.05, 0) is 30.2 Å². The Kier molecular flexibility index (Phi) is 3.62. The fourth-order valence-electron chi connectivity index (χ4n) is 1.77. The van der Waals surface area contributed by atoms with Crippen LogP contribution in [0.2, 0.25) is 0 Å². The van der Waals surface area contributed by atoms with Crippen molar-refractivity contribution in [3.05, 3.63) is 35.4 Å². The van der Waals surface area contributed by atoms with Gasteiger partial charge in [0.15, 0.2) is 0 Å². The van der Waals surface area contributed by atoms with Gasteiger partial charge in [0.1, 0.15) is 0 Å². The predicted octanol–water partition coefficient (Wildman–Crippen LogP) is 0.982. The standard InChI is InChI=1S/C13H16N4O/c14-11-4-10(5-12(15)6-11)13(18)17-8-9-2-1-3-16-7-9/h2,4-7H,1,3,8,14-15H2,(H,17,18). The molecule has 0 spiro atoms. The van der Waals surface area contributed by atoms with Gasteiger partial charge in [-0.2, -0.15) is 0 Å². The van der Waals surface area contributed by atoms with E-state index in [9.17, 15) is 4.79 Å². The third-order valence-electron chi connectivity index (χ3n) is 2.61. The second-order valence-corrected chi connectivity index (χ2v) is 4.17. The molecule has 1 aromatic rings. The molecule has 0 bridgehead atoms. The Labute approximate surface area is 106 Å². The van der Waals surface area contributed by atoms with Crippen molar-refractivity contribution >= 4 is 23.5 Å². The van der Waals surface area contributed by atoms with Gasteiger partial charge in [-0.15, -0.1) is 0 Å². The lowest BCUT2D eigenvalue weighted by atomic mass is 10.1. The molecule has 1 heterocycles. The minimum atomic E-state index is -0.186. The summed E-state index contributed by atoms with van der Waals surface area (Å²) in [6.07, 6.45) is 4.78. The maximum absolute atomic E-state index is 11.9. The van der Waals surface area contributed by atoms with E-state index in [1.54, 1.807) is 24.4 Å². The first-order valence-corrected chi connectivity index (χ1v) is 5.78. The minimum absolute atomic E-state index is 0.186. The molecule has 0 saturated heterocycles. The van der Waals surface area contributed by atoms with Crippen LogP contribution in [0.3, 0.4) is 0 Å². The van der Waals surface area contributed by atoms with Gasteiger partial charge in [0, 0.05) is 36.2 Å². The van der Waals surface area contributed by atoms with Crippen LogP contribution in [0, 0.1) is 0 Å². The lowest BCUT2D eigenvalue weighted by Gasteiger charge is -2.09. The third-order valence-corrected chi connectivity index (χ3v) is 2.61. The second kappa shape index (κ2) is 5.35. The van der Waals surface area contributed by atoms with Crippen molar-refractivity contribution in [2.24, 2.45) is 4.99 Å². The topological polar surface area (TPSA) is 93.5 Å². The number of benzene rings is 1. The third kappa shape index (κ3) is 3.10. The van der Waals surface area contributed by atoms with Crippen molar-refractivity contribution in [1.29, 1.82) is 0 Å². The van der Waals surface area contributed by atoms with Gasteiger partial charge in [-0.3, -0.25) is 9.79 Å². The zero-order valence-corrected chi connectivity index (χ0v) is 10.0. The van der Waals surface area contributed by atoms with Crippen LogP contribution >= 0.6 is 0 Å². The second-order valence-electron chi connectivity index (χ2n) is 4.17. The highest BCUT2D eigenvalue weighted by atomic mass is 16.1. The van der Waals surface area contributed by atoms with Crippen molar-refractivity contribution in [2.75, 3.05) is 24.6 Å². The summed E-state index contributed by atoms with van der Waals surface area (Å²) >= 11 is 0. The van der Waals surface area contributed by atoms with E-state index in [2.05, 4.69) is 16.4 Å². The Bertz CT molecular complexity index is 499. The molecule has 18 heavy (non-hydrogen) atoms. The Balaban J connectivity index is 1.99. The molecular weight excluding hydrogens is 228 g/mol. The number of nitrogens with zero attached hydrogens (tertiary/aromatic N) is 1. The van der Waals surface area contributed by atoms with E-state index in [0.717, 1.165) is 18.5 Å². The molecule has 0 fully saturated rings. The molecular formula is C13H16N4O. The Morgan fingerprint density at radius 2 is 2.00 bits per heavy atom. The van der Waals surface area contributed by atoms with E-state index < -0.39 is 0 Å². The number of nitrogens with one attached hydrogen (secondary N) is 1. The first-order valence-electron chi connectivity index (χ1n) is 5.78. The number of carbonyl (C=O) groups is 1. The number of hydrogen-bond donors (Lipinski definition) is 3. The molecule has 5 heteroatoms. The molecule has 2 rings (SSSR count). The molecule has 0 unspecified atom stereocenters. The Hall–Kier alpha value is -2.30. The Morgan fingerprint density at radius 3 is 2.61 bits per heavy atom. The maximum Gasteiger partial charge on any atom is 0.251 e. The number of dihydropyridines is 1. The lowest BCUT2D eigenvalue weighted by Crippen LogP contribution is -2.26. The largest absolute Gasteiger partial charge is 0.399 e. The molecule has 1 amide bonds. The zero-order valence-electron chi connectivity index (χ0n) is 10.0. The summed E-state index contributed by atoms with van der Waals surface area (Å²) in [6.45, 7) is 1.29. The maximum atomic E-state index is 11.9. The first kappa shape index (κ1) is 12.2. The number of rotatable bonds is 3. The first-order chi connectivity index (χ1) is 8.65. The van der Waals surface area contributed by atoms with Crippen LogP contribution in [-0.2, 0) is 0 Å². The van der Waals surface area contributed by atoms with Gasteiger partial charge in [0.05, 0.1) is 0 Å². The summed E-state index contributed by atoms with van der Waals surface area (Å²) < 4.78 is 0. The SMILES string of the molecule is Nc1cc(N)cc(C(=O)NCC2=CCCN=C2)c1. The van der Waals surface area contributed by atoms with E-state index in [4.69, 9.17) is 11.5 Å². The van der Waals surface area contributed by atoms with Crippen LogP contribution in [0.1, 0.15) is 16.8 Å². The van der Waals surface area contributed by atoms with Crippen LogP contribution in [0.25, 0.3) is 0 Å². The van der Waals surface area contributed by atoms with E-state index in [0.29, 0.717) is 23.5 Å². The molecule has 0 saturated carbocycles. The smallest absolute Gasteiger partial charge is 0.251 e. The zero-order chi connectivity index (χ0) is 13.0. The van der Waals surface area contributed by atoms with Crippen LogP contribution in [0.15, 0.2) is 34.8 Å². The quantitative estimate of drug-likeness (QED) is 0.692. The molecule has 5 N–H and O–H groups in total. The molecule has 1 aliphatic rings. The highest BCUT2D eigenvalue weighted by molar-refractivity contribution is 5.96. The normalized spacial score (nSPS) is 14.1. The fourth-order valence-corrected chi connectivity index (χ4v) is 1.77.